The molecule has 1 fully saturated rings. The second-order valence-electron chi connectivity index (χ2n) is 7.86. The highest BCUT2D eigenvalue weighted by molar-refractivity contribution is 7.21. The van der Waals surface area contributed by atoms with Crippen molar-refractivity contribution in [1.29, 1.82) is 0 Å². The van der Waals surface area contributed by atoms with Crippen LogP contribution in [0.5, 0.6) is 5.75 Å². The van der Waals surface area contributed by atoms with E-state index < -0.39 is 0 Å². The standard InChI is InChI=1S/C23H24N2O3S/c1-14-10-16-12-17(13-24-22(26)15-6-8-27-9-7-15)28-21(16)18(11-14)23-25-19-4-2-3-5-20(19)29-23/h2-5,10-11,15,17H,6-9,12-13H2,1H3,(H,24,26)/t17-/m1/s1. The molecule has 0 unspecified atom stereocenters. The van der Waals surface area contributed by atoms with E-state index in [1.54, 1.807) is 11.3 Å². The minimum absolute atomic E-state index is 0.0382. The molecule has 2 aromatic carbocycles. The minimum Gasteiger partial charge on any atom is -0.487 e. The number of ether oxygens (including phenoxy) is 2. The third kappa shape index (κ3) is 3.74. The number of hydrogen-bond acceptors (Lipinski definition) is 5. The van der Waals surface area contributed by atoms with Gasteiger partial charge in [0.1, 0.15) is 16.9 Å². The number of benzene rings is 2. The van der Waals surface area contributed by atoms with E-state index in [0.717, 1.165) is 41.1 Å². The molecule has 3 heterocycles. The van der Waals surface area contributed by atoms with Crippen molar-refractivity contribution in [3.63, 3.8) is 0 Å². The molecule has 0 bridgehead atoms. The smallest absolute Gasteiger partial charge is 0.223 e. The molecule has 2 aliphatic heterocycles. The Morgan fingerprint density at radius 1 is 1.24 bits per heavy atom. The molecule has 1 saturated heterocycles. The summed E-state index contributed by atoms with van der Waals surface area (Å²) in [6.07, 6.45) is 2.38. The molecule has 5 rings (SSSR count). The zero-order chi connectivity index (χ0) is 19.8. The van der Waals surface area contributed by atoms with Crippen LogP contribution >= 0.6 is 11.3 Å². The average molecular weight is 409 g/mol. The van der Waals surface area contributed by atoms with E-state index in [1.807, 2.05) is 18.2 Å². The quantitative estimate of drug-likeness (QED) is 0.706. The highest BCUT2D eigenvalue weighted by Gasteiger charge is 2.29. The molecule has 3 aromatic rings. The number of thiazole rings is 1. The van der Waals surface area contributed by atoms with Gasteiger partial charge in [-0.15, -0.1) is 11.3 Å². The highest BCUT2D eigenvalue weighted by Crippen LogP contribution is 2.42. The van der Waals surface area contributed by atoms with E-state index in [4.69, 9.17) is 14.5 Å². The van der Waals surface area contributed by atoms with Crippen molar-refractivity contribution < 1.29 is 14.3 Å². The van der Waals surface area contributed by atoms with E-state index in [2.05, 4.69) is 30.4 Å². The van der Waals surface area contributed by atoms with Gasteiger partial charge in [-0.05, 0) is 49.1 Å². The predicted octanol–water partition coefficient (Wildman–Crippen LogP) is 4.12. The van der Waals surface area contributed by atoms with Gasteiger partial charge in [-0.1, -0.05) is 18.2 Å². The summed E-state index contributed by atoms with van der Waals surface area (Å²) in [6, 6.07) is 12.5. The van der Waals surface area contributed by atoms with Gasteiger partial charge in [0.25, 0.3) is 0 Å². The molecule has 1 N–H and O–H groups in total. The lowest BCUT2D eigenvalue weighted by atomic mass is 9.99. The van der Waals surface area contributed by atoms with Crippen molar-refractivity contribution in [2.75, 3.05) is 19.8 Å². The number of amides is 1. The molecule has 0 spiro atoms. The summed E-state index contributed by atoms with van der Waals surface area (Å²) in [6.45, 7) is 3.99. The summed E-state index contributed by atoms with van der Waals surface area (Å²) in [5.41, 5.74) is 4.47. The monoisotopic (exact) mass is 408 g/mol. The molecule has 0 radical (unpaired) electrons. The van der Waals surface area contributed by atoms with E-state index in [-0.39, 0.29) is 17.9 Å². The summed E-state index contributed by atoms with van der Waals surface area (Å²) in [4.78, 5) is 17.3. The normalized spacial score (nSPS) is 19.1. The van der Waals surface area contributed by atoms with Crippen molar-refractivity contribution in [1.82, 2.24) is 10.3 Å². The van der Waals surface area contributed by atoms with Gasteiger partial charge < -0.3 is 14.8 Å². The Kier molecular flexibility index (Phi) is 4.97. The first kappa shape index (κ1) is 18.6. The number of fused-ring (bicyclic) bond motifs is 2. The van der Waals surface area contributed by atoms with E-state index >= 15 is 0 Å². The van der Waals surface area contributed by atoms with Crippen LogP contribution in [0.3, 0.4) is 0 Å². The van der Waals surface area contributed by atoms with Crippen molar-refractivity contribution >= 4 is 27.5 Å². The molecule has 0 aliphatic carbocycles. The number of nitrogens with zero attached hydrogens (tertiary/aromatic N) is 1. The number of nitrogens with one attached hydrogen (secondary N) is 1. The van der Waals surface area contributed by atoms with Crippen molar-refractivity contribution in [3.8, 4) is 16.3 Å². The van der Waals surface area contributed by atoms with E-state index in [0.29, 0.717) is 19.8 Å². The van der Waals surface area contributed by atoms with Crippen molar-refractivity contribution in [2.24, 2.45) is 5.92 Å². The molecule has 150 valence electrons. The maximum atomic E-state index is 12.4. The summed E-state index contributed by atoms with van der Waals surface area (Å²) in [7, 11) is 0. The van der Waals surface area contributed by atoms with Crippen LogP contribution < -0.4 is 10.1 Å². The Labute approximate surface area is 174 Å². The number of para-hydroxylation sites is 1. The van der Waals surface area contributed by atoms with Crippen LogP contribution in [0, 0.1) is 12.8 Å². The Morgan fingerprint density at radius 3 is 2.90 bits per heavy atom. The topological polar surface area (TPSA) is 60.5 Å². The molecule has 5 nitrogen and oxygen atoms in total. The highest BCUT2D eigenvalue weighted by atomic mass is 32.1. The fourth-order valence-electron chi connectivity index (χ4n) is 4.17. The molecule has 0 saturated carbocycles. The van der Waals surface area contributed by atoms with Crippen molar-refractivity contribution in [3.05, 3.63) is 47.5 Å². The van der Waals surface area contributed by atoms with Crippen LogP contribution in [0.2, 0.25) is 0 Å². The number of aryl methyl sites for hydroxylation is 1. The molecule has 1 atom stereocenters. The van der Waals surface area contributed by atoms with Crippen molar-refractivity contribution in [2.45, 2.75) is 32.3 Å². The fraction of sp³-hybridized carbons (Fsp3) is 0.391. The lowest BCUT2D eigenvalue weighted by molar-refractivity contribution is -0.128. The summed E-state index contributed by atoms with van der Waals surface area (Å²) >= 11 is 1.69. The van der Waals surface area contributed by atoms with E-state index in [9.17, 15) is 4.79 Å². The van der Waals surface area contributed by atoms with Crippen LogP contribution in [0.1, 0.15) is 24.0 Å². The number of carbonyl (C=O) groups excluding carboxylic acids is 1. The number of aromatic nitrogens is 1. The maximum absolute atomic E-state index is 12.4. The number of rotatable bonds is 4. The van der Waals surface area contributed by atoms with Crippen LogP contribution in [-0.2, 0) is 16.0 Å². The molecule has 1 amide bonds. The summed E-state index contributed by atoms with van der Waals surface area (Å²) in [5.74, 6) is 1.10. The Morgan fingerprint density at radius 2 is 2.07 bits per heavy atom. The minimum atomic E-state index is -0.0382. The summed E-state index contributed by atoms with van der Waals surface area (Å²) in [5, 5.41) is 4.08. The molecule has 6 heteroatoms. The molecule has 29 heavy (non-hydrogen) atoms. The largest absolute Gasteiger partial charge is 0.487 e. The predicted molar refractivity (Wildman–Crippen MR) is 114 cm³/mol. The van der Waals surface area contributed by atoms with Crippen LogP contribution in [-0.4, -0.2) is 36.8 Å². The van der Waals surface area contributed by atoms with Crippen LogP contribution in [0.15, 0.2) is 36.4 Å². The first-order valence-electron chi connectivity index (χ1n) is 10.2. The van der Waals surface area contributed by atoms with Crippen LogP contribution in [0.25, 0.3) is 20.8 Å². The first-order valence-corrected chi connectivity index (χ1v) is 11.0. The van der Waals surface area contributed by atoms with Gasteiger partial charge in [0.15, 0.2) is 0 Å². The van der Waals surface area contributed by atoms with Gasteiger partial charge >= 0.3 is 0 Å². The van der Waals surface area contributed by atoms with Gasteiger partial charge in [0.2, 0.25) is 5.91 Å². The SMILES string of the molecule is Cc1cc2c(c(-c3nc4ccccc4s3)c1)O[C@@H](CNC(=O)C1CCOCC1)C2. The molecule has 2 aliphatic rings. The maximum Gasteiger partial charge on any atom is 0.223 e. The van der Waals surface area contributed by atoms with Gasteiger partial charge in [0, 0.05) is 25.6 Å². The third-order valence-corrected chi connectivity index (χ3v) is 6.73. The van der Waals surface area contributed by atoms with Gasteiger partial charge in [-0.2, -0.15) is 0 Å². The molecular formula is C23H24N2O3S. The molecular weight excluding hydrogens is 384 g/mol. The fourth-order valence-corrected chi connectivity index (χ4v) is 5.15. The van der Waals surface area contributed by atoms with Gasteiger partial charge in [-0.3, -0.25) is 4.79 Å². The Hall–Kier alpha value is -2.44. The second kappa shape index (κ2) is 7.76. The molecule has 1 aromatic heterocycles. The first-order chi connectivity index (χ1) is 14.2. The lowest BCUT2D eigenvalue weighted by Crippen LogP contribution is -2.39. The Bertz CT molecular complexity index is 1020. The summed E-state index contributed by atoms with van der Waals surface area (Å²) < 4.78 is 12.8. The lowest BCUT2D eigenvalue weighted by Gasteiger charge is -2.22. The number of hydrogen-bond donors (Lipinski definition) is 1. The Balaban J connectivity index is 1.33. The van der Waals surface area contributed by atoms with Gasteiger partial charge in [0.05, 0.1) is 22.3 Å². The van der Waals surface area contributed by atoms with Gasteiger partial charge in [-0.25, -0.2) is 4.98 Å². The average Bonchev–Trinajstić information content (AvgIpc) is 3.35. The van der Waals surface area contributed by atoms with Crippen LogP contribution in [0.4, 0.5) is 0 Å². The second-order valence-corrected chi connectivity index (χ2v) is 8.89. The third-order valence-electron chi connectivity index (χ3n) is 5.66. The zero-order valence-electron chi connectivity index (χ0n) is 16.4. The van der Waals surface area contributed by atoms with E-state index in [1.165, 1.54) is 15.8 Å². The number of carbonyl (C=O) groups is 1. The zero-order valence-corrected chi connectivity index (χ0v) is 17.3.